The van der Waals surface area contributed by atoms with Crippen molar-refractivity contribution < 1.29 is 9.84 Å². The minimum atomic E-state index is -0.154. The van der Waals surface area contributed by atoms with Gasteiger partial charge in [-0.1, -0.05) is 24.3 Å². The lowest BCUT2D eigenvalue weighted by atomic mass is 10.1. The Labute approximate surface area is 103 Å². The molecule has 1 N–H and O–H groups in total. The molecule has 1 rings (SSSR count). The van der Waals surface area contributed by atoms with Gasteiger partial charge in [0.15, 0.2) is 0 Å². The highest BCUT2D eigenvalue weighted by Gasteiger charge is 2.07. The van der Waals surface area contributed by atoms with Crippen LogP contribution in [0.4, 0.5) is 0 Å². The zero-order chi connectivity index (χ0) is 12.5. The second kappa shape index (κ2) is 7.69. The Morgan fingerprint density at radius 2 is 1.88 bits per heavy atom. The predicted octanol–water partition coefficient (Wildman–Crippen LogP) is 3.12. The highest BCUT2D eigenvalue weighted by molar-refractivity contribution is 5.28. The van der Waals surface area contributed by atoms with Crippen molar-refractivity contribution in [2.75, 3.05) is 6.61 Å². The molecular formula is C15H20O2. The van der Waals surface area contributed by atoms with Crippen LogP contribution < -0.4 is 4.74 Å². The fraction of sp³-hybridized carbons (Fsp3) is 0.333. The third kappa shape index (κ3) is 4.87. The van der Waals surface area contributed by atoms with Gasteiger partial charge in [0.25, 0.3) is 0 Å². The Kier molecular flexibility index (Phi) is 6.12. The topological polar surface area (TPSA) is 29.5 Å². The first-order valence-electron chi connectivity index (χ1n) is 5.88. The number of benzene rings is 1. The van der Waals surface area contributed by atoms with E-state index in [-0.39, 0.29) is 12.7 Å². The highest BCUT2D eigenvalue weighted by atomic mass is 16.5. The van der Waals surface area contributed by atoms with Gasteiger partial charge in [-0.3, -0.25) is 0 Å². The molecule has 0 saturated carbocycles. The Morgan fingerprint density at radius 1 is 1.18 bits per heavy atom. The molecule has 0 saturated heterocycles. The zero-order valence-electron chi connectivity index (χ0n) is 10.1. The van der Waals surface area contributed by atoms with Crippen LogP contribution in [0.25, 0.3) is 0 Å². The van der Waals surface area contributed by atoms with Crippen molar-refractivity contribution >= 4 is 0 Å². The van der Waals surface area contributed by atoms with E-state index in [1.54, 1.807) is 0 Å². The van der Waals surface area contributed by atoms with Crippen molar-refractivity contribution in [3.05, 3.63) is 55.1 Å². The summed E-state index contributed by atoms with van der Waals surface area (Å²) in [5.41, 5.74) is 1.21. The van der Waals surface area contributed by atoms with Gasteiger partial charge in [0.05, 0.1) is 6.61 Å². The molecule has 0 amide bonds. The van der Waals surface area contributed by atoms with Crippen LogP contribution >= 0.6 is 0 Å². The maximum atomic E-state index is 9.18. The summed E-state index contributed by atoms with van der Waals surface area (Å²) in [5, 5.41) is 9.18. The Hall–Kier alpha value is -1.54. The van der Waals surface area contributed by atoms with Crippen molar-refractivity contribution in [1.29, 1.82) is 0 Å². The van der Waals surface area contributed by atoms with E-state index in [0.29, 0.717) is 0 Å². The fourth-order valence-corrected chi connectivity index (χ4v) is 1.55. The van der Waals surface area contributed by atoms with Crippen molar-refractivity contribution in [3.8, 4) is 5.75 Å². The summed E-state index contributed by atoms with van der Waals surface area (Å²) in [5.74, 6) is 0.793. The van der Waals surface area contributed by atoms with E-state index in [0.717, 1.165) is 25.0 Å². The number of allylic oxidation sites excluding steroid dienone is 2. The van der Waals surface area contributed by atoms with Crippen LogP contribution in [0.3, 0.4) is 0 Å². The molecule has 0 aromatic heterocycles. The standard InChI is InChI=1S/C15H20O2/c1-3-5-7-15(12-16)17-14-10-8-13(6-4-2)9-11-14/h3-4,8-11,15-16H,1-2,5-7,12H2. The van der Waals surface area contributed by atoms with Gasteiger partial charge in [-0.05, 0) is 37.0 Å². The predicted molar refractivity (Wildman–Crippen MR) is 71.3 cm³/mol. The average Bonchev–Trinajstić information content (AvgIpc) is 2.37. The SMILES string of the molecule is C=CCCC(CO)Oc1ccc(CC=C)cc1. The van der Waals surface area contributed by atoms with E-state index in [1.165, 1.54) is 5.56 Å². The minimum Gasteiger partial charge on any atom is -0.488 e. The number of aliphatic hydroxyl groups is 1. The summed E-state index contributed by atoms with van der Waals surface area (Å²) in [6, 6.07) is 7.88. The molecule has 0 aliphatic carbocycles. The third-order valence-electron chi connectivity index (χ3n) is 2.50. The van der Waals surface area contributed by atoms with Gasteiger partial charge < -0.3 is 9.84 Å². The molecule has 92 valence electrons. The number of rotatable bonds is 8. The first-order chi connectivity index (χ1) is 8.30. The Morgan fingerprint density at radius 3 is 2.41 bits per heavy atom. The number of hydrogen-bond acceptors (Lipinski definition) is 2. The summed E-state index contributed by atoms with van der Waals surface area (Å²) < 4.78 is 5.68. The number of hydrogen-bond donors (Lipinski definition) is 1. The molecule has 2 heteroatoms. The van der Waals surface area contributed by atoms with Gasteiger partial charge in [-0.25, -0.2) is 0 Å². The second-order valence-corrected chi connectivity index (χ2v) is 3.93. The lowest BCUT2D eigenvalue weighted by Gasteiger charge is -2.16. The molecule has 1 aromatic carbocycles. The lowest BCUT2D eigenvalue weighted by molar-refractivity contribution is 0.109. The smallest absolute Gasteiger partial charge is 0.122 e. The molecule has 2 nitrogen and oxygen atoms in total. The highest BCUT2D eigenvalue weighted by Crippen LogP contribution is 2.16. The van der Waals surface area contributed by atoms with Crippen LogP contribution in [0, 0.1) is 0 Å². The summed E-state index contributed by atoms with van der Waals surface area (Å²) >= 11 is 0. The van der Waals surface area contributed by atoms with Gasteiger partial charge in [0.2, 0.25) is 0 Å². The van der Waals surface area contributed by atoms with Crippen LogP contribution in [0.5, 0.6) is 5.75 Å². The first-order valence-corrected chi connectivity index (χ1v) is 5.88. The Balaban J connectivity index is 2.53. The summed E-state index contributed by atoms with van der Waals surface area (Å²) in [6.07, 6.45) is 6.04. The molecule has 0 spiro atoms. The van der Waals surface area contributed by atoms with Gasteiger partial charge >= 0.3 is 0 Å². The minimum absolute atomic E-state index is 0.0300. The van der Waals surface area contributed by atoms with Gasteiger partial charge in [0.1, 0.15) is 11.9 Å². The van der Waals surface area contributed by atoms with E-state index in [9.17, 15) is 5.11 Å². The average molecular weight is 232 g/mol. The fourth-order valence-electron chi connectivity index (χ4n) is 1.55. The first kappa shape index (κ1) is 13.5. The summed E-state index contributed by atoms with van der Waals surface area (Å²) in [6.45, 7) is 7.39. The molecule has 0 bridgehead atoms. The largest absolute Gasteiger partial charge is 0.488 e. The van der Waals surface area contributed by atoms with Crippen LogP contribution in [-0.2, 0) is 6.42 Å². The van der Waals surface area contributed by atoms with E-state index >= 15 is 0 Å². The van der Waals surface area contributed by atoms with Gasteiger partial charge in [-0.2, -0.15) is 0 Å². The maximum absolute atomic E-state index is 9.18. The maximum Gasteiger partial charge on any atom is 0.122 e. The van der Waals surface area contributed by atoms with Crippen molar-refractivity contribution in [1.82, 2.24) is 0 Å². The van der Waals surface area contributed by atoms with Crippen molar-refractivity contribution in [3.63, 3.8) is 0 Å². The van der Waals surface area contributed by atoms with E-state index in [4.69, 9.17) is 4.74 Å². The van der Waals surface area contributed by atoms with E-state index < -0.39 is 0 Å². The van der Waals surface area contributed by atoms with Crippen LogP contribution in [0.2, 0.25) is 0 Å². The van der Waals surface area contributed by atoms with Crippen molar-refractivity contribution in [2.24, 2.45) is 0 Å². The van der Waals surface area contributed by atoms with Crippen molar-refractivity contribution in [2.45, 2.75) is 25.4 Å². The third-order valence-corrected chi connectivity index (χ3v) is 2.50. The molecule has 0 radical (unpaired) electrons. The molecule has 17 heavy (non-hydrogen) atoms. The monoisotopic (exact) mass is 232 g/mol. The molecule has 0 heterocycles. The molecule has 0 aliphatic heterocycles. The zero-order valence-corrected chi connectivity index (χ0v) is 10.1. The van der Waals surface area contributed by atoms with Crippen LogP contribution in [-0.4, -0.2) is 17.8 Å². The summed E-state index contributed by atoms with van der Waals surface area (Å²) in [7, 11) is 0. The number of aliphatic hydroxyl groups excluding tert-OH is 1. The summed E-state index contributed by atoms with van der Waals surface area (Å²) in [4.78, 5) is 0. The Bertz CT molecular complexity index is 340. The normalized spacial score (nSPS) is 11.8. The quantitative estimate of drug-likeness (QED) is 0.698. The molecule has 0 fully saturated rings. The molecule has 1 aromatic rings. The van der Waals surface area contributed by atoms with Crippen LogP contribution in [0.1, 0.15) is 18.4 Å². The number of ether oxygens (including phenoxy) is 1. The molecule has 0 aliphatic rings. The van der Waals surface area contributed by atoms with Crippen LogP contribution in [0.15, 0.2) is 49.6 Å². The molecule has 1 atom stereocenters. The lowest BCUT2D eigenvalue weighted by Crippen LogP contribution is -2.20. The van der Waals surface area contributed by atoms with E-state index in [2.05, 4.69) is 13.2 Å². The van der Waals surface area contributed by atoms with Gasteiger partial charge in [0, 0.05) is 0 Å². The molecule has 1 unspecified atom stereocenters. The second-order valence-electron chi connectivity index (χ2n) is 3.93. The van der Waals surface area contributed by atoms with E-state index in [1.807, 2.05) is 36.4 Å². The van der Waals surface area contributed by atoms with Gasteiger partial charge in [-0.15, -0.1) is 13.2 Å². The molecular weight excluding hydrogens is 212 g/mol.